The first-order valence-electron chi connectivity index (χ1n) is 10.9. The molecule has 0 radical (unpaired) electrons. The van der Waals surface area contributed by atoms with Gasteiger partial charge in [-0.2, -0.15) is 0 Å². The Balaban J connectivity index is 1.48. The third kappa shape index (κ3) is 6.97. The van der Waals surface area contributed by atoms with E-state index in [1.165, 1.54) is 55.4 Å². The van der Waals surface area contributed by atoms with E-state index in [0.717, 1.165) is 18.4 Å². The average molecular weight is 397 g/mol. The van der Waals surface area contributed by atoms with E-state index in [2.05, 4.69) is 41.8 Å². The number of hydrogen-bond acceptors (Lipinski definition) is 2. The highest BCUT2D eigenvalue weighted by molar-refractivity contribution is 5.77. The molecule has 0 heterocycles. The summed E-state index contributed by atoms with van der Waals surface area (Å²) >= 11 is 0. The van der Waals surface area contributed by atoms with Gasteiger partial charge < -0.3 is 10.6 Å². The van der Waals surface area contributed by atoms with Gasteiger partial charge in [0.2, 0.25) is 5.91 Å². The fourth-order valence-corrected chi connectivity index (χ4v) is 4.16. The molecule has 1 atom stereocenters. The lowest BCUT2D eigenvalue weighted by atomic mass is 9.87. The van der Waals surface area contributed by atoms with E-state index in [1.54, 1.807) is 0 Å². The van der Waals surface area contributed by atoms with Gasteiger partial charge in [-0.25, -0.2) is 4.39 Å². The standard InChI is InChI=1S/C25H33FN2O/c1-19-9-11-20(12-10-19)24(21-13-15-22(26)16-14-21)8-5-17-27-25(29)18-28-23-6-3-2-4-7-23/h9-16,23-24,28H,2-8,17-18H2,1H3,(H,27,29). The first-order chi connectivity index (χ1) is 14.1. The van der Waals surface area contributed by atoms with Crippen molar-refractivity contribution in [1.82, 2.24) is 10.6 Å². The molecule has 2 N–H and O–H groups in total. The highest BCUT2D eigenvalue weighted by atomic mass is 19.1. The molecule has 2 aromatic carbocycles. The predicted octanol–water partition coefficient (Wildman–Crippen LogP) is 5.08. The van der Waals surface area contributed by atoms with Crippen LogP contribution < -0.4 is 10.6 Å². The molecule has 29 heavy (non-hydrogen) atoms. The number of benzene rings is 2. The molecule has 1 saturated carbocycles. The zero-order valence-corrected chi connectivity index (χ0v) is 17.4. The number of hydrogen-bond donors (Lipinski definition) is 2. The molecule has 4 heteroatoms. The summed E-state index contributed by atoms with van der Waals surface area (Å²) in [7, 11) is 0. The molecule has 0 spiro atoms. The minimum atomic E-state index is -0.214. The van der Waals surface area contributed by atoms with E-state index < -0.39 is 0 Å². The van der Waals surface area contributed by atoms with E-state index >= 15 is 0 Å². The third-order valence-electron chi connectivity index (χ3n) is 5.90. The molecule has 156 valence electrons. The second kappa shape index (κ2) is 11.1. The van der Waals surface area contributed by atoms with Crippen LogP contribution in [0.25, 0.3) is 0 Å². The van der Waals surface area contributed by atoms with Gasteiger partial charge in [-0.1, -0.05) is 61.2 Å². The second-order valence-corrected chi connectivity index (χ2v) is 8.22. The molecular formula is C25H33FN2O. The Morgan fingerprint density at radius 1 is 1.00 bits per heavy atom. The minimum Gasteiger partial charge on any atom is -0.355 e. The summed E-state index contributed by atoms with van der Waals surface area (Å²) in [5.74, 6) is 0.0619. The number of halogens is 1. The molecule has 1 aliphatic rings. The number of rotatable bonds is 9. The number of aryl methyl sites for hydroxylation is 1. The van der Waals surface area contributed by atoms with Crippen LogP contribution in [-0.4, -0.2) is 25.0 Å². The summed E-state index contributed by atoms with van der Waals surface area (Å²) in [6.45, 7) is 3.15. The minimum absolute atomic E-state index is 0.0734. The van der Waals surface area contributed by atoms with Crippen LogP contribution in [0.5, 0.6) is 0 Å². The fourth-order valence-electron chi connectivity index (χ4n) is 4.16. The number of amides is 1. The van der Waals surface area contributed by atoms with Crippen LogP contribution in [0.2, 0.25) is 0 Å². The smallest absolute Gasteiger partial charge is 0.233 e. The second-order valence-electron chi connectivity index (χ2n) is 8.22. The summed E-state index contributed by atoms with van der Waals surface area (Å²) < 4.78 is 13.4. The molecule has 1 aliphatic carbocycles. The summed E-state index contributed by atoms with van der Waals surface area (Å²) in [6.07, 6.45) is 8.01. The van der Waals surface area contributed by atoms with E-state index in [9.17, 15) is 9.18 Å². The molecule has 0 bridgehead atoms. The first kappa shape index (κ1) is 21.5. The number of carbonyl (C=O) groups is 1. The number of nitrogens with one attached hydrogen (secondary N) is 2. The van der Waals surface area contributed by atoms with Gasteiger partial charge in [0.15, 0.2) is 0 Å². The van der Waals surface area contributed by atoms with Crippen molar-refractivity contribution in [1.29, 1.82) is 0 Å². The third-order valence-corrected chi connectivity index (χ3v) is 5.90. The van der Waals surface area contributed by atoms with Gasteiger partial charge in [-0.3, -0.25) is 4.79 Å². The SMILES string of the molecule is Cc1ccc(C(CCCNC(=O)CNC2CCCCC2)c2ccc(F)cc2)cc1. The Morgan fingerprint density at radius 2 is 1.62 bits per heavy atom. The van der Waals surface area contributed by atoms with E-state index in [4.69, 9.17) is 0 Å². The maximum Gasteiger partial charge on any atom is 0.233 e. The van der Waals surface area contributed by atoms with Crippen molar-refractivity contribution in [3.05, 3.63) is 71.0 Å². The summed E-state index contributed by atoms with van der Waals surface area (Å²) in [4.78, 5) is 12.1. The quantitative estimate of drug-likeness (QED) is 0.580. The molecule has 1 unspecified atom stereocenters. The Labute approximate surface area is 174 Å². The predicted molar refractivity (Wildman–Crippen MR) is 117 cm³/mol. The molecule has 3 nitrogen and oxygen atoms in total. The van der Waals surface area contributed by atoms with Crippen LogP contribution in [0.3, 0.4) is 0 Å². The van der Waals surface area contributed by atoms with Gasteiger partial charge >= 0.3 is 0 Å². The van der Waals surface area contributed by atoms with Gasteiger partial charge in [0, 0.05) is 18.5 Å². The van der Waals surface area contributed by atoms with Crippen molar-refractivity contribution < 1.29 is 9.18 Å². The van der Waals surface area contributed by atoms with E-state index in [0.29, 0.717) is 19.1 Å². The Bertz CT molecular complexity index is 706. The molecule has 1 fully saturated rings. The lowest BCUT2D eigenvalue weighted by Crippen LogP contribution is -2.40. The maximum atomic E-state index is 13.4. The summed E-state index contributed by atoms with van der Waals surface area (Å²) in [5, 5.41) is 6.42. The largest absolute Gasteiger partial charge is 0.355 e. The molecular weight excluding hydrogens is 363 g/mol. The van der Waals surface area contributed by atoms with Crippen molar-refractivity contribution in [2.24, 2.45) is 0 Å². The summed E-state index contributed by atoms with van der Waals surface area (Å²) in [6, 6.07) is 15.8. The van der Waals surface area contributed by atoms with Crippen molar-refractivity contribution >= 4 is 5.91 Å². The molecule has 0 aliphatic heterocycles. The van der Waals surface area contributed by atoms with Crippen LogP contribution in [0.4, 0.5) is 4.39 Å². The fraction of sp³-hybridized carbons (Fsp3) is 0.480. The molecule has 2 aromatic rings. The van der Waals surface area contributed by atoms with E-state index in [-0.39, 0.29) is 17.6 Å². The van der Waals surface area contributed by atoms with Gasteiger partial charge in [0.05, 0.1) is 6.54 Å². The van der Waals surface area contributed by atoms with Crippen molar-refractivity contribution in [3.8, 4) is 0 Å². The number of carbonyl (C=O) groups excluding carboxylic acids is 1. The van der Waals surface area contributed by atoms with Crippen LogP contribution in [-0.2, 0) is 4.79 Å². The lowest BCUT2D eigenvalue weighted by Gasteiger charge is -2.22. The van der Waals surface area contributed by atoms with Gasteiger partial charge in [-0.05, 0) is 55.9 Å². The molecule has 1 amide bonds. The van der Waals surface area contributed by atoms with Crippen LogP contribution >= 0.6 is 0 Å². The normalized spacial score (nSPS) is 15.8. The Hall–Kier alpha value is -2.20. The summed E-state index contributed by atoms with van der Waals surface area (Å²) in [5.41, 5.74) is 3.57. The van der Waals surface area contributed by atoms with E-state index in [1.807, 2.05) is 12.1 Å². The molecule has 0 saturated heterocycles. The van der Waals surface area contributed by atoms with Gasteiger partial charge in [0.25, 0.3) is 0 Å². The van der Waals surface area contributed by atoms with Crippen molar-refractivity contribution in [3.63, 3.8) is 0 Å². The Kier molecular flexibility index (Phi) is 8.24. The van der Waals surface area contributed by atoms with Gasteiger partial charge in [0.1, 0.15) is 5.82 Å². The van der Waals surface area contributed by atoms with Crippen molar-refractivity contribution in [2.45, 2.75) is 63.8 Å². The molecule has 0 aromatic heterocycles. The van der Waals surface area contributed by atoms with Crippen LogP contribution in [0, 0.1) is 12.7 Å². The first-order valence-corrected chi connectivity index (χ1v) is 10.9. The maximum absolute atomic E-state index is 13.4. The lowest BCUT2D eigenvalue weighted by molar-refractivity contribution is -0.120. The average Bonchev–Trinajstić information content (AvgIpc) is 2.75. The van der Waals surface area contributed by atoms with Crippen LogP contribution in [0.15, 0.2) is 48.5 Å². The Morgan fingerprint density at radius 3 is 2.28 bits per heavy atom. The monoisotopic (exact) mass is 396 g/mol. The zero-order valence-electron chi connectivity index (χ0n) is 17.4. The highest BCUT2D eigenvalue weighted by Crippen LogP contribution is 2.29. The van der Waals surface area contributed by atoms with Crippen LogP contribution in [0.1, 0.15) is 67.6 Å². The zero-order chi connectivity index (χ0) is 20.5. The topological polar surface area (TPSA) is 41.1 Å². The van der Waals surface area contributed by atoms with Gasteiger partial charge in [-0.15, -0.1) is 0 Å². The highest BCUT2D eigenvalue weighted by Gasteiger charge is 2.16. The van der Waals surface area contributed by atoms with Crippen molar-refractivity contribution in [2.75, 3.05) is 13.1 Å². The molecule has 3 rings (SSSR count).